The van der Waals surface area contributed by atoms with Crippen molar-refractivity contribution in [3.05, 3.63) is 65.7 Å². The maximum Gasteiger partial charge on any atom is 0.306 e. The maximum atomic E-state index is 12.2. The molecule has 4 N–H and O–H groups in total. The predicted octanol–water partition coefficient (Wildman–Crippen LogP) is 3.41. The van der Waals surface area contributed by atoms with Crippen molar-refractivity contribution < 1.29 is 23.9 Å². The monoisotopic (exact) mass is 512 g/mol. The summed E-state index contributed by atoms with van der Waals surface area (Å²) in [6.07, 6.45) is 3.53. The van der Waals surface area contributed by atoms with Crippen LogP contribution in [0, 0.1) is 0 Å². The zero-order valence-corrected chi connectivity index (χ0v) is 21.1. The molecule has 192 valence electrons. The fourth-order valence-corrected chi connectivity index (χ4v) is 3.23. The Morgan fingerprint density at radius 3 is 2.25 bits per heavy atom. The largest absolute Gasteiger partial charge is 0.466 e. The summed E-state index contributed by atoms with van der Waals surface area (Å²) in [5.74, 6) is -1.50. The second-order valence-corrected chi connectivity index (χ2v) is 8.40. The normalized spacial score (nSPS) is 10.1. The molecular formula is C26H32N4O5S. The van der Waals surface area contributed by atoms with Crippen LogP contribution in [0.4, 0.5) is 5.69 Å². The van der Waals surface area contributed by atoms with Crippen molar-refractivity contribution in [1.29, 1.82) is 0 Å². The Labute approximate surface area is 216 Å². The smallest absolute Gasteiger partial charge is 0.306 e. The molecule has 0 aromatic heterocycles. The zero-order valence-electron chi connectivity index (χ0n) is 20.3. The number of hydrogen-bond acceptors (Lipinski definition) is 6. The third-order valence-electron chi connectivity index (χ3n) is 5.00. The van der Waals surface area contributed by atoms with E-state index in [1.54, 1.807) is 24.3 Å². The van der Waals surface area contributed by atoms with Crippen LogP contribution in [0.25, 0.3) is 0 Å². The van der Waals surface area contributed by atoms with E-state index in [0.29, 0.717) is 24.1 Å². The third kappa shape index (κ3) is 11.6. The highest BCUT2D eigenvalue weighted by molar-refractivity contribution is 7.80. The zero-order chi connectivity index (χ0) is 26.2. The van der Waals surface area contributed by atoms with Gasteiger partial charge in [0.25, 0.3) is 5.91 Å². The second-order valence-electron chi connectivity index (χ2n) is 8.00. The quantitative estimate of drug-likeness (QED) is 0.149. The molecule has 9 nitrogen and oxygen atoms in total. The Balaban J connectivity index is 1.60. The molecule has 0 saturated heterocycles. The molecule has 0 spiro atoms. The molecule has 2 rings (SSSR count). The molecule has 10 heteroatoms. The standard InChI is InChI=1S/C26H32N4O5S/c1-2-3-11-22(31)27-21-14-12-20(13-15-21)25(34)29-30-26(36)28-23(32)16-17-24(33)35-18-7-10-19-8-5-4-6-9-19/h4-6,8-9,12-15H,2-3,7,10-11,16-18H2,1H3,(H,27,31)(H,29,34)(H2,28,30,32,36). The maximum absolute atomic E-state index is 12.2. The van der Waals surface area contributed by atoms with Gasteiger partial charge in [0.2, 0.25) is 11.8 Å². The highest BCUT2D eigenvalue weighted by atomic mass is 32.1. The van der Waals surface area contributed by atoms with Gasteiger partial charge in [0.15, 0.2) is 5.11 Å². The lowest BCUT2D eigenvalue weighted by Gasteiger charge is -2.11. The van der Waals surface area contributed by atoms with Gasteiger partial charge in [-0.2, -0.15) is 0 Å². The van der Waals surface area contributed by atoms with Gasteiger partial charge < -0.3 is 15.4 Å². The number of carbonyl (C=O) groups excluding carboxylic acids is 4. The Hall–Kier alpha value is -3.79. The fraction of sp³-hybridized carbons (Fsp3) is 0.346. The van der Waals surface area contributed by atoms with Crippen molar-refractivity contribution in [3.63, 3.8) is 0 Å². The number of amides is 3. The van der Waals surface area contributed by atoms with Gasteiger partial charge in [-0.05, 0) is 61.3 Å². The van der Waals surface area contributed by atoms with E-state index < -0.39 is 17.8 Å². The molecule has 0 aliphatic rings. The average Bonchev–Trinajstić information content (AvgIpc) is 2.88. The number of thiocarbonyl (C=S) groups is 1. The molecule has 0 bridgehead atoms. The minimum Gasteiger partial charge on any atom is -0.466 e. The Morgan fingerprint density at radius 1 is 0.833 bits per heavy atom. The number of carbonyl (C=O) groups is 4. The summed E-state index contributed by atoms with van der Waals surface area (Å²) < 4.78 is 5.15. The number of benzene rings is 2. The van der Waals surface area contributed by atoms with Gasteiger partial charge >= 0.3 is 5.97 Å². The van der Waals surface area contributed by atoms with E-state index in [0.717, 1.165) is 19.3 Å². The minimum absolute atomic E-state index is 0.0758. The second kappa shape index (κ2) is 16.0. The summed E-state index contributed by atoms with van der Waals surface area (Å²) in [5, 5.41) is 5.05. The number of rotatable bonds is 12. The number of hydrogen-bond donors (Lipinski definition) is 4. The van der Waals surface area contributed by atoms with Crippen molar-refractivity contribution in [2.24, 2.45) is 0 Å². The summed E-state index contributed by atoms with van der Waals surface area (Å²) >= 11 is 4.99. The van der Waals surface area contributed by atoms with Gasteiger partial charge in [0, 0.05) is 24.1 Å². The summed E-state index contributed by atoms with van der Waals surface area (Å²) in [4.78, 5) is 47.8. The van der Waals surface area contributed by atoms with E-state index >= 15 is 0 Å². The van der Waals surface area contributed by atoms with Crippen LogP contribution < -0.4 is 21.5 Å². The minimum atomic E-state index is -0.480. The first-order chi connectivity index (χ1) is 17.4. The van der Waals surface area contributed by atoms with Gasteiger partial charge in [-0.25, -0.2) is 0 Å². The molecule has 2 aromatic rings. The number of hydrazine groups is 1. The third-order valence-corrected chi connectivity index (χ3v) is 5.21. The molecular weight excluding hydrogens is 480 g/mol. The van der Waals surface area contributed by atoms with Crippen LogP contribution in [-0.4, -0.2) is 35.4 Å². The van der Waals surface area contributed by atoms with Gasteiger partial charge in [0.05, 0.1) is 13.0 Å². The van der Waals surface area contributed by atoms with Crippen molar-refractivity contribution >= 4 is 46.7 Å². The fourth-order valence-electron chi connectivity index (χ4n) is 3.07. The summed E-state index contributed by atoms with van der Waals surface area (Å²) in [6.45, 7) is 2.30. The van der Waals surface area contributed by atoms with Crippen LogP contribution in [0.3, 0.4) is 0 Å². The highest BCUT2D eigenvalue weighted by Crippen LogP contribution is 2.10. The van der Waals surface area contributed by atoms with Crippen LogP contribution in [0.5, 0.6) is 0 Å². The van der Waals surface area contributed by atoms with Gasteiger partial charge in [-0.3, -0.25) is 30.0 Å². The van der Waals surface area contributed by atoms with E-state index in [1.807, 2.05) is 37.3 Å². The summed E-state index contributed by atoms with van der Waals surface area (Å²) in [7, 11) is 0. The first-order valence-electron chi connectivity index (χ1n) is 11.9. The lowest BCUT2D eigenvalue weighted by molar-refractivity contribution is -0.145. The molecule has 2 aromatic carbocycles. The number of nitrogens with one attached hydrogen (secondary N) is 4. The Morgan fingerprint density at radius 2 is 1.56 bits per heavy atom. The van der Waals surface area contributed by atoms with Gasteiger partial charge in [-0.1, -0.05) is 43.7 Å². The van der Waals surface area contributed by atoms with Crippen molar-refractivity contribution in [1.82, 2.24) is 16.2 Å². The lowest BCUT2D eigenvalue weighted by atomic mass is 10.1. The molecule has 0 heterocycles. The molecule has 0 saturated carbocycles. The van der Waals surface area contributed by atoms with Gasteiger partial charge in [-0.15, -0.1) is 0 Å². The van der Waals surface area contributed by atoms with E-state index in [-0.39, 0.29) is 30.5 Å². The SMILES string of the molecule is CCCCC(=O)Nc1ccc(C(=O)NNC(=S)NC(=O)CCC(=O)OCCCc2ccccc2)cc1. The molecule has 0 aliphatic carbocycles. The molecule has 36 heavy (non-hydrogen) atoms. The average molecular weight is 513 g/mol. The highest BCUT2D eigenvalue weighted by Gasteiger charge is 2.11. The summed E-state index contributed by atoms with van der Waals surface area (Å²) in [5.41, 5.74) is 6.92. The number of unbranched alkanes of at least 4 members (excludes halogenated alkanes) is 1. The Bertz CT molecular complexity index is 1030. The van der Waals surface area contributed by atoms with Gasteiger partial charge in [0.1, 0.15) is 0 Å². The van der Waals surface area contributed by atoms with Crippen LogP contribution in [0.1, 0.15) is 61.4 Å². The first kappa shape index (κ1) is 28.4. The van der Waals surface area contributed by atoms with E-state index in [4.69, 9.17) is 17.0 Å². The van der Waals surface area contributed by atoms with Crippen molar-refractivity contribution in [2.75, 3.05) is 11.9 Å². The molecule has 0 radical (unpaired) electrons. The first-order valence-corrected chi connectivity index (χ1v) is 12.3. The predicted molar refractivity (Wildman–Crippen MR) is 141 cm³/mol. The topological polar surface area (TPSA) is 126 Å². The number of anilines is 1. The van der Waals surface area contributed by atoms with E-state index in [2.05, 4.69) is 21.5 Å². The summed E-state index contributed by atoms with van der Waals surface area (Å²) in [6, 6.07) is 16.2. The van der Waals surface area contributed by atoms with Crippen LogP contribution in [0.15, 0.2) is 54.6 Å². The van der Waals surface area contributed by atoms with Crippen molar-refractivity contribution in [2.45, 2.75) is 51.9 Å². The number of esters is 1. The number of ether oxygens (including phenoxy) is 1. The molecule has 0 unspecified atom stereocenters. The van der Waals surface area contributed by atoms with E-state index in [1.165, 1.54) is 5.56 Å². The molecule has 3 amide bonds. The molecule has 0 aliphatic heterocycles. The Kier molecular flexibility index (Phi) is 12.6. The molecule has 0 fully saturated rings. The van der Waals surface area contributed by atoms with E-state index in [9.17, 15) is 19.2 Å². The number of aryl methyl sites for hydroxylation is 1. The molecule has 0 atom stereocenters. The van der Waals surface area contributed by atoms with Crippen LogP contribution in [0.2, 0.25) is 0 Å². The van der Waals surface area contributed by atoms with Crippen LogP contribution in [-0.2, 0) is 25.5 Å². The lowest BCUT2D eigenvalue weighted by Crippen LogP contribution is -2.48. The van der Waals surface area contributed by atoms with Crippen molar-refractivity contribution in [3.8, 4) is 0 Å². The van der Waals surface area contributed by atoms with Crippen LogP contribution >= 0.6 is 12.2 Å².